The van der Waals surface area contributed by atoms with Crippen LogP contribution < -0.4 is 5.32 Å². The van der Waals surface area contributed by atoms with Gasteiger partial charge in [0.2, 0.25) is 11.8 Å². The van der Waals surface area contributed by atoms with E-state index >= 15 is 0 Å². The first-order valence-corrected chi connectivity index (χ1v) is 10.0. The summed E-state index contributed by atoms with van der Waals surface area (Å²) in [7, 11) is 0. The topological polar surface area (TPSA) is 107 Å². The van der Waals surface area contributed by atoms with Crippen LogP contribution in [-0.2, 0) is 27.3 Å². The Morgan fingerprint density at radius 3 is 2.47 bits per heavy atom. The average molecular weight is 431 g/mol. The first kappa shape index (κ1) is 21.8. The molecular formula is C22H23ClN2O5. The first-order valence-electron chi connectivity index (χ1n) is 9.65. The van der Waals surface area contributed by atoms with Crippen LogP contribution in [0.5, 0.6) is 0 Å². The largest absolute Gasteiger partial charge is 0.479 e. The molecule has 0 spiro atoms. The Labute approximate surface area is 179 Å². The number of carboxylic acids is 1. The molecule has 1 aliphatic rings. The van der Waals surface area contributed by atoms with Gasteiger partial charge >= 0.3 is 5.97 Å². The molecule has 2 amide bonds. The number of likely N-dealkylation sites (tertiary alicyclic amines) is 1. The summed E-state index contributed by atoms with van der Waals surface area (Å²) in [4.78, 5) is 38.1. The van der Waals surface area contributed by atoms with Crippen molar-refractivity contribution in [3.8, 4) is 0 Å². The minimum atomic E-state index is -1.77. The standard InChI is InChI=1S/C22H23ClN2O5/c23-16-9-5-4-8-15(16)13-25-18(10-11-19(25)26)21(28)24-17(20(27)22(29)30)12-14-6-2-1-3-7-14/h1-9,17-18,20,27H,10-13H2,(H,24,28)(H,29,30). The normalized spacial score (nSPS) is 18.1. The number of hydrogen-bond donors (Lipinski definition) is 3. The van der Waals surface area contributed by atoms with Crippen molar-refractivity contribution in [1.82, 2.24) is 10.2 Å². The second kappa shape index (κ2) is 9.73. The van der Waals surface area contributed by atoms with E-state index in [9.17, 15) is 24.6 Å². The second-order valence-corrected chi connectivity index (χ2v) is 7.66. The van der Waals surface area contributed by atoms with E-state index in [4.69, 9.17) is 11.6 Å². The zero-order valence-electron chi connectivity index (χ0n) is 16.2. The third-order valence-corrected chi connectivity index (χ3v) is 5.56. The zero-order chi connectivity index (χ0) is 21.7. The number of hydrogen-bond acceptors (Lipinski definition) is 4. The quantitative estimate of drug-likeness (QED) is 0.593. The highest BCUT2D eigenvalue weighted by atomic mass is 35.5. The van der Waals surface area contributed by atoms with E-state index in [1.54, 1.807) is 48.5 Å². The highest BCUT2D eigenvalue weighted by molar-refractivity contribution is 6.31. The smallest absolute Gasteiger partial charge is 0.334 e. The molecule has 1 aliphatic heterocycles. The number of amides is 2. The van der Waals surface area contributed by atoms with Crippen molar-refractivity contribution >= 4 is 29.4 Å². The molecule has 0 radical (unpaired) electrons. The number of halogens is 1. The molecule has 2 aromatic rings. The van der Waals surface area contributed by atoms with Gasteiger partial charge in [0.15, 0.2) is 6.10 Å². The summed E-state index contributed by atoms with van der Waals surface area (Å²) in [6.07, 6.45) is -1.10. The van der Waals surface area contributed by atoms with Crippen LogP contribution in [0.3, 0.4) is 0 Å². The van der Waals surface area contributed by atoms with E-state index in [0.29, 0.717) is 11.4 Å². The van der Waals surface area contributed by atoms with Crippen LogP contribution in [0.4, 0.5) is 0 Å². The van der Waals surface area contributed by atoms with Crippen LogP contribution in [0.15, 0.2) is 54.6 Å². The molecule has 1 saturated heterocycles. The lowest BCUT2D eigenvalue weighted by Crippen LogP contribution is -2.53. The van der Waals surface area contributed by atoms with E-state index in [1.165, 1.54) is 4.90 Å². The number of aliphatic carboxylic acids is 1. The zero-order valence-corrected chi connectivity index (χ0v) is 17.0. The molecule has 8 heteroatoms. The van der Waals surface area contributed by atoms with E-state index in [1.807, 2.05) is 6.07 Å². The fraction of sp³-hybridized carbons (Fsp3) is 0.318. The van der Waals surface area contributed by atoms with Gasteiger partial charge in [-0.1, -0.05) is 60.1 Å². The summed E-state index contributed by atoms with van der Waals surface area (Å²) in [6, 6.07) is 14.3. The Hall–Kier alpha value is -2.90. The summed E-state index contributed by atoms with van der Waals surface area (Å²) in [5.41, 5.74) is 1.50. The van der Waals surface area contributed by atoms with Gasteiger partial charge in [-0.3, -0.25) is 9.59 Å². The highest BCUT2D eigenvalue weighted by Gasteiger charge is 2.38. The molecule has 158 valence electrons. The van der Waals surface area contributed by atoms with Crippen LogP contribution in [0.2, 0.25) is 5.02 Å². The summed E-state index contributed by atoms with van der Waals surface area (Å²) in [5, 5.41) is 22.5. The molecule has 3 unspecified atom stereocenters. The molecule has 0 aromatic heterocycles. The van der Waals surface area contributed by atoms with Crippen LogP contribution in [-0.4, -0.2) is 51.1 Å². The lowest BCUT2D eigenvalue weighted by Gasteiger charge is -2.28. The number of carbonyl (C=O) groups is 3. The molecule has 0 bridgehead atoms. The van der Waals surface area contributed by atoms with Crippen LogP contribution >= 0.6 is 11.6 Å². The Kier molecular flexibility index (Phi) is 7.07. The predicted molar refractivity (Wildman–Crippen MR) is 111 cm³/mol. The number of benzene rings is 2. The van der Waals surface area contributed by atoms with Crippen molar-refractivity contribution in [2.75, 3.05) is 0 Å². The van der Waals surface area contributed by atoms with Crippen molar-refractivity contribution in [2.24, 2.45) is 0 Å². The van der Waals surface area contributed by atoms with Gasteiger partial charge in [-0.25, -0.2) is 4.79 Å². The van der Waals surface area contributed by atoms with Gasteiger partial charge in [0, 0.05) is 18.0 Å². The molecular weight excluding hydrogens is 408 g/mol. The lowest BCUT2D eigenvalue weighted by molar-refractivity contribution is -0.149. The number of nitrogens with one attached hydrogen (secondary N) is 1. The SMILES string of the molecule is O=C(O)C(O)C(Cc1ccccc1)NC(=O)C1CCC(=O)N1Cc1ccccc1Cl. The van der Waals surface area contributed by atoms with E-state index in [-0.39, 0.29) is 25.3 Å². The van der Waals surface area contributed by atoms with E-state index < -0.39 is 30.1 Å². The Balaban J connectivity index is 1.75. The molecule has 0 saturated carbocycles. The van der Waals surface area contributed by atoms with Gasteiger partial charge < -0.3 is 20.4 Å². The second-order valence-electron chi connectivity index (χ2n) is 7.26. The maximum atomic E-state index is 13.0. The average Bonchev–Trinajstić information content (AvgIpc) is 3.09. The van der Waals surface area contributed by atoms with Crippen LogP contribution in [0, 0.1) is 0 Å². The fourth-order valence-corrected chi connectivity index (χ4v) is 3.77. The number of rotatable bonds is 8. The summed E-state index contributed by atoms with van der Waals surface area (Å²) < 4.78 is 0. The number of aliphatic hydroxyl groups excluding tert-OH is 1. The van der Waals surface area contributed by atoms with Crippen LogP contribution in [0.25, 0.3) is 0 Å². The van der Waals surface area contributed by atoms with Crippen molar-refractivity contribution in [2.45, 2.75) is 44.0 Å². The Bertz CT molecular complexity index is 921. The van der Waals surface area contributed by atoms with E-state index in [0.717, 1.165) is 11.1 Å². The molecule has 7 nitrogen and oxygen atoms in total. The minimum Gasteiger partial charge on any atom is -0.479 e. The van der Waals surface area contributed by atoms with Crippen molar-refractivity contribution in [3.63, 3.8) is 0 Å². The fourth-order valence-electron chi connectivity index (χ4n) is 3.58. The number of aliphatic hydroxyl groups is 1. The molecule has 3 atom stereocenters. The van der Waals surface area contributed by atoms with Gasteiger partial charge in [-0.2, -0.15) is 0 Å². The minimum absolute atomic E-state index is 0.144. The molecule has 3 rings (SSSR count). The molecule has 0 aliphatic carbocycles. The number of nitrogens with zero attached hydrogens (tertiary/aromatic N) is 1. The highest BCUT2D eigenvalue weighted by Crippen LogP contribution is 2.25. The molecule has 30 heavy (non-hydrogen) atoms. The lowest BCUT2D eigenvalue weighted by atomic mass is 10.0. The molecule has 1 heterocycles. The van der Waals surface area contributed by atoms with Crippen molar-refractivity contribution < 1.29 is 24.6 Å². The van der Waals surface area contributed by atoms with Crippen molar-refractivity contribution in [3.05, 3.63) is 70.7 Å². The van der Waals surface area contributed by atoms with Gasteiger partial charge in [0.1, 0.15) is 6.04 Å². The summed E-state index contributed by atoms with van der Waals surface area (Å²) in [5.74, 6) is -2.09. The first-order chi connectivity index (χ1) is 14.4. The Morgan fingerprint density at radius 1 is 1.13 bits per heavy atom. The number of carboxylic acid groups (broad SMARTS) is 1. The predicted octanol–water partition coefficient (Wildman–Crippen LogP) is 2.00. The monoisotopic (exact) mass is 430 g/mol. The number of carbonyl (C=O) groups excluding carboxylic acids is 2. The van der Waals surface area contributed by atoms with Gasteiger partial charge in [0.05, 0.1) is 6.04 Å². The third-order valence-electron chi connectivity index (χ3n) is 5.19. The summed E-state index contributed by atoms with van der Waals surface area (Å²) in [6.45, 7) is 0.182. The van der Waals surface area contributed by atoms with Gasteiger partial charge in [-0.05, 0) is 30.0 Å². The summed E-state index contributed by atoms with van der Waals surface area (Å²) >= 11 is 6.19. The van der Waals surface area contributed by atoms with E-state index in [2.05, 4.69) is 5.32 Å². The maximum Gasteiger partial charge on any atom is 0.334 e. The maximum absolute atomic E-state index is 13.0. The van der Waals surface area contributed by atoms with Crippen LogP contribution in [0.1, 0.15) is 24.0 Å². The van der Waals surface area contributed by atoms with Gasteiger partial charge in [-0.15, -0.1) is 0 Å². The Morgan fingerprint density at radius 2 is 1.80 bits per heavy atom. The van der Waals surface area contributed by atoms with Gasteiger partial charge in [0.25, 0.3) is 0 Å². The third kappa shape index (κ3) is 5.17. The van der Waals surface area contributed by atoms with Crippen molar-refractivity contribution in [1.29, 1.82) is 0 Å². The molecule has 1 fully saturated rings. The molecule has 2 aromatic carbocycles. The molecule has 3 N–H and O–H groups in total.